The number of amides is 1. The van der Waals surface area contributed by atoms with Gasteiger partial charge in [-0.3, -0.25) is 4.79 Å². The third-order valence-corrected chi connectivity index (χ3v) is 7.29. The van der Waals surface area contributed by atoms with Crippen LogP contribution in [0.25, 0.3) is 16.0 Å². The molecule has 0 bridgehead atoms. The summed E-state index contributed by atoms with van der Waals surface area (Å²) in [6.45, 7) is 2.34. The van der Waals surface area contributed by atoms with Gasteiger partial charge in [0.2, 0.25) is 12.2 Å². The van der Waals surface area contributed by atoms with Crippen molar-refractivity contribution in [2.24, 2.45) is 13.0 Å². The Bertz CT molecular complexity index is 1260. The summed E-state index contributed by atoms with van der Waals surface area (Å²) in [5.41, 5.74) is 3.47. The molecule has 1 aromatic carbocycles. The normalized spacial score (nSPS) is 21.0. The highest BCUT2D eigenvalue weighted by atomic mass is 32.1. The lowest BCUT2D eigenvalue weighted by Gasteiger charge is -2.45. The molecule has 1 amide bonds. The SMILES string of the molecule is C[C@@H](O)[C@H]1C(=O)N2C(C(=O)[O-])=C(c3cccc(-c4cc(Cn5cc[n+](C)c5)cs4)c3)C[C@H]12. The predicted octanol–water partition coefficient (Wildman–Crippen LogP) is 1.16. The number of aliphatic hydroxyl groups is 1. The number of carboxylic acids is 1. The summed E-state index contributed by atoms with van der Waals surface area (Å²) in [7, 11) is 1.99. The first kappa shape index (κ1) is 20.7. The Hall–Kier alpha value is -3.23. The number of aryl methyl sites for hydroxylation is 1. The van der Waals surface area contributed by atoms with Crippen molar-refractivity contribution in [1.82, 2.24) is 9.47 Å². The van der Waals surface area contributed by atoms with Crippen LogP contribution in [0.3, 0.4) is 0 Å². The number of hydrogen-bond acceptors (Lipinski definition) is 5. The molecule has 3 aromatic rings. The number of carboxylic acid groups (broad SMARTS) is 1. The van der Waals surface area contributed by atoms with Crippen LogP contribution in [0.4, 0.5) is 0 Å². The van der Waals surface area contributed by atoms with Crippen LogP contribution < -0.4 is 9.67 Å². The summed E-state index contributed by atoms with van der Waals surface area (Å²) in [5.74, 6) is -2.28. The zero-order valence-electron chi connectivity index (χ0n) is 17.8. The first-order chi connectivity index (χ1) is 15.3. The molecule has 0 unspecified atom stereocenters. The minimum absolute atomic E-state index is 0.0682. The van der Waals surface area contributed by atoms with Gasteiger partial charge in [0.15, 0.2) is 0 Å². The van der Waals surface area contributed by atoms with Crippen LogP contribution in [0.15, 0.2) is 60.1 Å². The van der Waals surface area contributed by atoms with Gasteiger partial charge in [-0.25, -0.2) is 9.13 Å². The number of benzene rings is 1. The highest BCUT2D eigenvalue weighted by Gasteiger charge is 2.55. The van der Waals surface area contributed by atoms with E-state index >= 15 is 0 Å². The highest BCUT2D eigenvalue weighted by Crippen LogP contribution is 2.47. The maximum absolute atomic E-state index is 12.5. The van der Waals surface area contributed by atoms with Crippen LogP contribution in [0.1, 0.15) is 24.5 Å². The second kappa shape index (κ2) is 7.72. The van der Waals surface area contributed by atoms with E-state index in [4.69, 9.17) is 0 Å². The number of thiophene rings is 1. The summed E-state index contributed by atoms with van der Waals surface area (Å²) in [6, 6.07) is 9.56. The molecule has 4 heterocycles. The van der Waals surface area contributed by atoms with Gasteiger partial charge in [-0.05, 0) is 47.6 Å². The molecule has 3 atom stereocenters. The van der Waals surface area contributed by atoms with Gasteiger partial charge < -0.3 is 19.9 Å². The number of carbonyl (C=O) groups is 2. The molecule has 0 saturated carbocycles. The van der Waals surface area contributed by atoms with E-state index in [9.17, 15) is 19.8 Å². The van der Waals surface area contributed by atoms with Crippen LogP contribution >= 0.6 is 11.3 Å². The van der Waals surface area contributed by atoms with Crippen LogP contribution in [-0.4, -0.2) is 38.6 Å². The number of β-lactam (4-membered cyclic amide) rings is 1. The third kappa shape index (κ3) is 3.36. The zero-order chi connectivity index (χ0) is 22.6. The molecule has 1 N–H and O–H groups in total. The van der Waals surface area contributed by atoms with Gasteiger partial charge in [0, 0.05) is 10.4 Å². The van der Waals surface area contributed by atoms with E-state index in [-0.39, 0.29) is 17.6 Å². The monoisotopic (exact) mass is 449 g/mol. The van der Waals surface area contributed by atoms with Gasteiger partial charge >= 0.3 is 0 Å². The molecule has 1 saturated heterocycles. The number of aromatic nitrogens is 2. The summed E-state index contributed by atoms with van der Waals surface area (Å²) in [5, 5.41) is 24.0. The first-order valence-corrected chi connectivity index (χ1v) is 11.4. The molecule has 0 spiro atoms. The fourth-order valence-corrected chi connectivity index (χ4v) is 5.70. The largest absolute Gasteiger partial charge is 0.543 e. The number of fused-ring (bicyclic) bond motifs is 1. The van der Waals surface area contributed by atoms with Crippen molar-refractivity contribution in [1.29, 1.82) is 0 Å². The first-order valence-electron chi connectivity index (χ1n) is 10.5. The van der Waals surface area contributed by atoms with E-state index in [2.05, 4.69) is 16.0 Å². The number of aliphatic carboxylic acids is 1. The maximum Gasteiger partial charge on any atom is 0.243 e. The van der Waals surface area contributed by atoms with Crippen LogP contribution in [0.2, 0.25) is 0 Å². The predicted molar refractivity (Wildman–Crippen MR) is 117 cm³/mol. The minimum atomic E-state index is -1.36. The summed E-state index contributed by atoms with van der Waals surface area (Å²) in [4.78, 5) is 26.7. The Morgan fingerprint density at radius 2 is 2.12 bits per heavy atom. The standard InChI is InChI=1S/C24H23N3O4S/c1-14(28)21-19-10-18(22(24(30)31)27(19)23(21)29)16-4-3-5-17(9-16)20-8-15(12-32-20)11-26-7-6-25(2)13-26/h3-9,12-14,19,21,28H,10-11H2,1-2H3/t14-,19-,21-/m1/s1. The second-order valence-electron chi connectivity index (χ2n) is 8.51. The van der Waals surface area contributed by atoms with Gasteiger partial charge in [0.25, 0.3) is 0 Å². The van der Waals surface area contributed by atoms with E-state index in [1.165, 1.54) is 10.5 Å². The van der Waals surface area contributed by atoms with Crippen molar-refractivity contribution >= 4 is 28.8 Å². The molecule has 164 valence electrons. The molecular formula is C24H23N3O4S. The van der Waals surface area contributed by atoms with Crippen molar-refractivity contribution < 1.29 is 24.4 Å². The molecule has 32 heavy (non-hydrogen) atoms. The van der Waals surface area contributed by atoms with Crippen molar-refractivity contribution in [2.75, 3.05) is 0 Å². The summed E-state index contributed by atoms with van der Waals surface area (Å²) >= 11 is 1.64. The summed E-state index contributed by atoms with van der Waals surface area (Å²) < 4.78 is 4.11. The Balaban J connectivity index is 1.45. The molecule has 1 fully saturated rings. The lowest BCUT2D eigenvalue weighted by Crippen LogP contribution is -2.62. The Morgan fingerprint density at radius 1 is 1.34 bits per heavy atom. The molecule has 2 aliphatic rings. The van der Waals surface area contributed by atoms with Crippen molar-refractivity contribution in [3.8, 4) is 10.4 Å². The zero-order valence-corrected chi connectivity index (χ0v) is 18.6. The number of rotatable bonds is 6. The molecular weight excluding hydrogens is 426 g/mol. The van der Waals surface area contributed by atoms with E-state index < -0.39 is 18.0 Å². The Morgan fingerprint density at radius 3 is 2.81 bits per heavy atom. The lowest BCUT2D eigenvalue weighted by molar-refractivity contribution is -0.671. The van der Waals surface area contributed by atoms with E-state index in [0.29, 0.717) is 12.0 Å². The van der Waals surface area contributed by atoms with E-state index in [0.717, 1.165) is 22.5 Å². The average Bonchev–Trinajstić information content (AvgIpc) is 3.45. The van der Waals surface area contributed by atoms with Crippen molar-refractivity contribution in [2.45, 2.75) is 32.0 Å². The highest BCUT2D eigenvalue weighted by molar-refractivity contribution is 7.13. The van der Waals surface area contributed by atoms with Gasteiger partial charge in [0.1, 0.15) is 18.9 Å². The van der Waals surface area contributed by atoms with Crippen LogP contribution in [-0.2, 0) is 23.2 Å². The number of carbonyl (C=O) groups excluding carboxylic acids is 2. The number of aliphatic hydroxyl groups excluding tert-OH is 1. The van der Waals surface area contributed by atoms with Crippen LogP contribution in [0, 0.1) is 5.92 Å². The fourth-order valence-electron chi connectivity index (χ4n) is 4.79. The van der Waals surface area contributed by atoms with Gasteiger partial charge in [0.05, 0.1) is 36.8 Å². The summed E-state index contributed by atoms with van der Waals surface area (Å²) in [6.07, 6.45) is 5.63. The molecule has 7 nitrogen and oxygen atoms in total. The van der Waals surface area contributed by atoms with Gasteiger partial charge in [-0.2, -0.15) is 0 Å². The van der Waals surface area contributed by atoms with Crippen LogP contribution in [0.5, 0.6) is 0 Å². The van der Waals surface area contributed by atoms with Crippen molar-refractivity contribution in [3.63, 3.8) is 0 Å². The Kier molecular flexibility index (Phi) is 4.98. The smallest absolute Gasteiger partial charge is 0.243 e. The topological polar surface area (TPSA) is 89.5 Å². The number of nitrogens with zero attached hydrogens (tertiary/aromatic N) is 3. The molecule has 5 rings (SSSR count). The third-order valence-electron chi connectivity index (χ3n) is 6.26. The minimum Gasteiger partial charge on any atom is -0.543 e. The number of hydrogen-bond donors (Lipinski definition) is 1. The maximum atomic E-state index is 12.5. The molecule has 0 radical (unpaired) electrons. The van der Waals surface area contributed by atoms with Gasteiger partial charge in [-0.15, -0.1) is 11.3 Å². The second-order valence-corrected chi connectivity index (χ2v) is 9.42. The van der Waals surface area contributed by atoms with E-state index in [1.54, 1.807) is 18.3 Å². The van der Waals surface area contributed by atoms with Gasteiger partial charge in [-0.1, -0.05) is 18.2 Å². The molecule has 2 aliphatic heterocycles. The molecule has 8 heteroatoms. The molecule has 2 aromatic heterocycles. The van der Waals surface area contributed by atoms with E-state index in [1.807, 2.05) is 54.6 Å². The lowest BCUT2D eigenvalue weighted by atomic mass is 9.82. The quantitative estimate of drug-likeness (QED) is 0.452. The average molecular weight is 450 g/mol. The number of imidazole rings is 1. The molecule has 0 aliphatic carbocycles. The Labute approximate surface area is 189 Å². The van der Waals surface area contributed by atoms with Crippen molar-refractivity contribution in [3.05, 3.63) is 71.3 Å². The fraction of sp³-hybridized carbons (Fsp3) is 0.292.